The van der Waals surface area contributed by atoms with Gasteiger partial charge in [-0.3, -0.25) is 4.79 Å². The van der Waals surface area contributed by atoms with E-state index in [4.69, 9.17) is 0 Å². The van der Waals surface area contributed by atoms with Gasteiger partial charge in [0.25, 0.3) is 0 Å². The van der Waals surface area contributed by atoms with Crippen molar-refractivity contribution in [1.29, 1.82) is 0 Å². The van der Waals surface area contributed by atoms with Gasteiger partial charge in [0, 0.05) is 37.4 Å². The molecule has 6 rings (SSSR count). The molecule has 3 aliphatic heterocycles. The van der Waals surface area contributed by atoms with Crippen molar-refractivity contribution in [3.8, 4) is 0 Å². The molecule has 138 valence electrons. The smallest absolute Gasteiger partial charge is 0.321 e. The summed E-state index contributed by atoms with van der Waals surface area (Å²) in [5, 5.41) is 3.14. The molecule has 0 radical (unpaired) electrons. The van der Waals surface area contributed by atoms with Gasteiger partial charge in [0.15, 0.2) is 0 Å². The van der Waals surface area contributed by atoms with E-state index in [1.165, 1.54) is 32.1 Å². The van der Waals surface area contributed by atoms with Crippen LogP contribution in [-0.4, -0.2) is 36.0 Å². The van der Waals surface area contributed by atoms with Crippen LogP contribution in [0.4, 0.5) is 16.2 Å². The Balaban J connectivity index is 1.32. The lowest BCUT2D eigenvalue weighted by Crippen LogP contribution is -2.44. The largest absolute Gasteiger partial charge is 0.322 e. The zero-order chi connectivity index (χ0) is 17.8. The zero-order valence-electron chi connectivity index (χ0n) is 15.4. The van der Waals surface area contributed by atoms with E-state index in [1.54, 1.807) is 6.92 Å². The quantitative estimate of drug-likeness (QED) is 0.838. The lowest BCUT2D eigenvalue weighted by Gasteiger charge is -2.38. The molecule has 2 unspecified atom stereocenters. The highest BCUT2D eigenvalue weighted by Crippen LogP contribution is 2.47. The Morgan fingerprint density at radius 2 is 1.77 bits per heavy atom. The van der Waals surface area contributed by atoms with Crippen LogP contribution in [0.25, 0.3) is 0 Å². The molecule has 5 nitrogen and oxygen atoms in total. The number of anilines is 2. The molecule has 2 saturated carbocycles. The van der Waals surface area contributed by atoms with Crippen LogP contribution in [0, 0.1) is 17.8 Å². The van der Waals surface area contributed by atoms with Crippen LogP contribution < -0.4 is 10.2 Å². The molecule has 0 aromatic heterocycles. The second-order valence-electron chi connectivity index (χ2n) is 8.78. The van der Waals surface area contributed by atoms with Gasteiger partial charge in [-0.15, -0.1) is 0 Å². The fraction of sp³-hybridized carbons (Fsp3) is 0.619. The third kappa shape index (κ3) is 2.68. The van der Waals surface area contributed by atoms with E-state index in [2.05, 4.69) is 10.2 Å². The molecule has 4 fully saturated rings. The molecule has 1 N–H and O–H groups in total. The van der Waals surface area contributed by atoms with E-state index in [1.807, 2.05) is 23.1 Å². The van der Waals surface area contributed by atoms with Crippen molar-refractivity contribution in [3.63, 3.8) is 0 Å². The van der Waals surface area contributed by atoms with E-state index in [0.29, 0.717) is 12.0 Å². The zero-order valence-corrected chi connectivity index (χ0v) is 15.4. The van der Waals surface area contributed by atoms with Crippen LogP contribution in [0.15, 0.2) is 18.2 Å². The number of fused-ring (bicyclic) bond motifs is 2. The first kappa shape index (κ1) is 16.2. The molecular weight excluding hydrogens is 326 g/mol. The van der Waals surface area contributed by atoms with Gasteiger partial charge in [-0.1, -0.05) is 0 Å². The summed E-state index contributed by atoms with van der Waals surface area (Å²) in [5.41, 5.74) is 2.98. The van der Waals surface area contributed by atoms with E-state index >= 15 is 0 Å². The van der Waals surface area contributed by atoms with E-state index in [-0.39, 0.29) is 11.9 Å². The van der Waals surface area contributed by atoms with Crippen LogP contribution in [-0.2, 0) is 11.2 Å². The summed E-state index contributed by atoms with van der Waals surface area (Å²) < 4.78 is 0. The number of nitrogens with one attached hydrogen (secondary N) is 1. The Kier molecular flexibility index (Phi) is 3.73. The third-order valence-electron chi connectivity index (χ3n) is 6.97. The van der Waals surface area contributed by atoms with Crippen LogP contribution in [0.3, 0.4) is 0 Å². The van der Waals surface area contributed by atoms with Gasteiger partial charge < -0.3 is 15.1 Å². The van der Waals surface area contributed by atoms with Crippen molar-refractivity contribution >= 4 is 23.3 Å². The molecule has 2 aliphatic carbocycles. The Bertz CT molecular complexity index is 748. The SMILES string of the molecule is CC(=O)N1CCc2cc(NC(=O)N3CC4C[C@@H]5CC3C[C@H](C4)C5)ccc21. The number of hydrogen-bond donors (Lipinski definition) is 1. The fourth-order valence-corrected chi connectivity index (χ4v) is 6.03. The minimum atomic E-state index is 0.0598. The second kappa shape index (κ2) is 6.00. The minimum Gasteiger partial charge on any atom is -0.321 e. The maximum Gasteiger partial charge on any atom is 0.322 e. The molecule has 4 atom stereocenters. The van der Waals surface area contributed by atoms with Crippen molar-refractivity contribution < 1.29 is 9.59 Å². The molecule has 1 aromatic carbocycles. The van der Waals surface area contributed by atoms with Crippen molar-refractivity contribution in [2.24, 2.45) is 17.8 Å². The molecule has 3 heterocycles. The number of benzene rings is 1. The first-order valence-corrected chi connectivity index (χ1v) is 10.1. The van der Waals surface area contributed by atoms with E-state index in [0.717, 1.165) is 48.3 Å². The summed E-state index contributed by atoms with van der Waals surface area (Å²) in [5.74, 6) is 2.46. The van der Waals surface area contributed by atoms with Gasteiger partial charge in [0.2, 0.25) is 5.91 Å². The minimum absolute atomic E-state index is 0.0598. The number of rotatable bonds is 1. The summed E-state index contributed by atoms with van der Waals surface area (Å²) in [6.45, 7) is 3.26. The molecule has 26 heavy (non-hydrogen) atoms. The van der Waals surface area contributed by atoms with E-state index < -0.39 is 0 Å². The van der Waals surface area contributed by atoms with Crippen molar-refractivity contribution in [3.05, 3.63) is 23.8 Å². The first-order valence-electron chi connectivity index (χ1n) is 10.1. The van der Waals surface area contributed by atoms with Gasteiger partial charge in [-0.05, 0) is 80.0 Å². The number of carbonyl (C=O) groups is 2. The maximum atomic E-state index is 13.0. The highest BCUT2D eigenvalue weighted by molar-refractivity contribution is 5.95. The molecular formula is C21H27N3O2. The average molecular weight is 353 g/mol. The molecule has 1 aromatic rings. The lowest BCUT2D eigenvalue weighted by molar-refractivity contribution is -0.116. The summed E-state index contributed by atoms with van der Waals surface area (Å²) in [6.07, 6.45) is 7.26. The maximum absolute atomic E-state index is 13.0. The normalized spacial score (nSPS) is 31.7. The predicted molar refractivity (Wildman–Crippen MR) is 101 cm³/mol. The standard InChI is InChI=1S/C21H27N3O2/c1-13(25)23-5-4-17-11-18(2-3-20(17)23)22-21(26)24-12-16-7-14-6-15(8-16)10-19(24)9-14/h2-3,11,14-16,19H,4-10,12H2,1H3,(H,22,26)/t14-,15+,16?,19?. The Morgan fingerprint density at radius 1 is 1.04 bits per heavy atom. The number of urea groups is 1. The third-order valence-corrected chi connectivity index (χ3v) is 6.97. The van der Waals surface area contributed by atoms with Crippen molar-refractivity contribution in [1.82, 2.24) is 4.90 Å². The van der Waals surface area contributed by atoms with Gasteiger partial charge >= 0.3 is 6.03 Å². The Morgan fingerprint density at radius 3 is 2.50 bits per heavy atom. The number of amides is 3. The van der Waals surface area contributed by atoms with Gasteiger partial charge in [-0.2, -0.15) is 0 Å². The average Bonchev–Trinajstić information content (AvgIpc) is 2.92. The fourth-order valence-electron chi connectivity index (χ4n) is 6.03. The molecule has 5 aliphatic rings. The Labute approximate surface area is 154 Å². The molecule has 3 amide bonds. The second-order valence-corrected chi connectivity index (χ2v) is 8.78. The summed E-state index contributed by atoms with van der Waals surface area (Å²) >= 11 is 0. The number of nitrogens with zero attached hydrogens (tertiary/aromatic N) is 2. The molecule has 5 heteroatoms. The highest BCUT2D eigenvalue weighted by atomic mass is 16.2. The number of carbonyl (C=O) groups excluding carboxylic acids is 2. The van der Waals surface area contributed by atoms with Crippen LogP contribution >= 0.6 is 0 Å². The van der Waals surface area contributed by atoms with Crippen LogP contribution in [0.5, 0.6) is 0 Å². The topological polar surface area (TPSA) is 52.7 Å². The molecule has 2 saturated heterocycles. The lowest BCUT2D eigenvalue weighted by atomic mass is 9.68. The van der Waals surface area contributed by atoms with Gasteiger partial charge in [-0.25, -0.2) is 4.79 Å². The number of hydrogen-bond acceptors (Lipinski definition) is 2. The summed E-state index contributed by atoms with van der Waals surface area (Å²) in [7, 11) is 0. The van der Waals surface area contributed by atoms with Gasteiger partial charge in [0.05, 0.1) is 0 Å². The summed E-state index contributed by atoms with van der Waals surface area (Å²) in [6, 6.07) is 6.42. The molecule has 4 bridgehead atoms. The molecule has 0 spiro atoms. The predicted octanol–water partition coefficient (Wildman–Crippen LogP) is 3.64. The Hall–Kier alpha value is -2.04. The van der Waals surface area contributed by atoms with Crippen LogP contribution in [0.1, 0.15) is 44.6 Å². The summed E-state index contributed by atoms with van der Waals surface area (Å²) in [4.78, 5) is 28.6. The van der Waals surface area contributed by atoms with Crippen molar-refractivity contribution in [2.45, 2.75) is 51.5 Å². The first-order chi connectivity index (χ1) is 12.6. The van der Waals surface area contributed by atoms with E-state index in [9.17, 15) is 9.59 Å². The van der Waals surface area contributed by atoms with Crippen molar-refractivity contribution in [2.75, 3.05) is 23.3 Å². The van der Waals surface area contributed by atoms with Crippen LogP contribution in [0.2, 0.25) is 0 Å². The highest BCUT2D eigenvalue weighted by Gasteiger charge is 2.44. The van der Waals surface area contributed by atoms with Gasteiger partial charge in [0.1, 0.15) is 0 Å². The monoisotopic (exact) mass is 353 g/mol.